The van der Waals surface area contributed by atoms with Crippen LogP contribution in [0.1, 0.15) is 30.4 Å². The molecule has 0 aliphatic carbocycles. The van der Waals surface area contributed by atoms with Crippen molar-refractivity contribution in [2.75, 3.05) is 13.1 Å². The van der Waals surface area contributed by atoms with Crippen LogP contribution < -0.4 is 10.6 Å². The Balaban J connectivity index is 0.00000200. The van der Waals surface area contributed by atoms with Gasteiger partial charge in [0.25, 0.3) is 0 Å². The molecule has 1 aliphatic heterocycles. The lowest BCUT2D eigenvalue weighted by atomic mass is 9.94. The van der Waals surface area contributed by atoms with Gasteiger partial charge in [0, 0.05) is 13.0 Å². The number of hydrogen-bond acceptors (Lipinski definition) is 2. The van der Waals surface area contributed by atoms with Gasteiger partial charge in [0.2, 0.25) is 5.91 Å². The first kappa shape index (κ1) is 16.9. The zero-order valence-corrected chi connectivity index (χ0v) is 12.6. The van der Waals surface area contributed by atoms with Gasteiger partial charge in [-0.3, -0.25) is 4.79 Å². The number of benzene rings is 1. The monoisotopic (exact) mass is 300 g/mol. The first-order valence-corrected chi connectivity index (χ1v) is 6.87. The normalized spacial score (nSPS) is 15.5. The van der Waals surface area contributed by atoms with E-state index in [1.54, 1.807) is 13.0 Å². The van der Waals surface area contributed by atoms with Crippen molar-refractivity contribution in [3.63, 3.8) is 0 Å². The molecule has 1 heterocycles. The van der Waals surface area contributed by atoms with Crippen LogP contribution in [0.2, 0.25) is 0 Å². The molecule has 5 heteroatoms. The largest absolute Gasteiger partial charge is 0.352 e. The second-order valence-electron chi connectivity index (χ2n) is 5.26. The zero-order valence-electron chi connectivity index (χ0n) is 11.7. The third kappa shape index (κ3) is 5.10. The third-order valence-corrected chi connectivity index (χ3v) is 3.66. The van der Waals surface area contributed by atoms with Gasteiger partial charge < -0.3 is 10.6 Å². The summed E-state index contributed by atoms with van der Waals surface area (Å²) in [4.78, 5) is 11.8. The van der Waals surface area contributed by atoms with Crippen molar-refractivity contribution in [2.24, 2.45) is 5.92 Å². The van der Waals surface area contributed by atoms with Crippen molar-refractivity contribution in [2.45, 2.75) is 32.7 Å². The Kier molecular flexibility index (Phi) is 6.96. The quantitative estimate of drug-likeness (QED) is 0.897. The minimum Gasteiger partial charge on any atom is -0.352 e. The second-order valence-corrected chi connectivity index (χ2v) is 5.26. The van der Waals surface area contributed by atoms with Gasteiger partial charge in [-0.1, -0.05) is 12.1 Å². The number of aryl methyl sites for hydroxylation is 1. The Morgan fingerprint density at radius 3 is 2.75 bits per heavy atom. The fourth-order valence-corrected chi connectivity index (χ4v) is 2.37. The van der Waals surface area contributed by atoms with Gasteiger partial charge in [0.1, 0.15) is 5.82 Å². The molecule has 112 valence electrons. The van der Waals surface area contributed by atoms with E-state index in [4.69, 9.17) is 0 Å². The maximum Gasteiger partial charge on any atom is 0.220 e. The number of amides is 1. The highest BCUT2D eigenvalue weighted by molar-refractivity contribution is 5.85. The summed E-state index contributed by atoms with van der Waals surface area (Å²) in [6.45, 7) is 4.14. The average Bonchev–Trinajstić information content (AvgIpc) is 2.41. The highest BCUT2D eigenvalue weighted by Crippen LogP contribution is 2.15. The van der Waals surface area contributed by atoms with Crippen molar-refractivity contribution < 1.29 is 9.18 Å². The summed E-state index contributed by atoms with van der Waals surface area (Å²) < 4.78 is 13.4. The molecule has 1 aliphatic rings. The fraction of sp³-hybridized carbons (Fsp3) is 0.533. The molecule has 1 amide bonds. The summed E-state index contributed by atoms with van der Waals surface area (Å²) in [5.74, 6) is 0.328. The first-order chi connectivity index (χ1) is 9.15. The Morgan fingerprint density at radius 1 is 1.40 bits per heavy atom. The van der Waals surface area contributed by atoms with Crippen LogP contribution in [-0.4, -0.2) is 19.0 Å². The number of carbonyl (C=O) groups is 1. The van der Waals surface area contributed by atoms with Crippen LogP contribution in [-0.2, 0) is 11.3 Å². The molecule has 0 atom stereocenters. The van der Waals surface area contributed by atoms with E-state index >= 15 is 0 Å². The third-order valence-electron chi connectivity index (χ3n) is 3.66. The van der Waals surface area contributed by atoms with Gasteiger partial charge in [-0.2, -0.15) is 0 Å². The highest BCUT2D eigenvalue weighted by atomic mass is 35.5. The molecule has 0 saturated carbocycles. The molecule has 0 spiro atoms. The Bertz CT molecular complexity index is 447. The van der Waals surface area contributed by atoms with Gasteiger partial charge in [-0.05, 0) is 56.0 Å². The van der Waals surface area contributed by atoms with E-state index in [9.17, 15) is 9.18 Å². The fourth-order valence-electron chi connectivity index (χ4n) is 2.37. The van der Waals surface area contributed by atoms with Crippen molar-refractivity contribution in [1.29, 1.82) is 0 Å². The molecule has 0 aromatic heterocycles. The summed E-state index contributed by atoms with van der Waals surface area (Å²) >= 11 is 0. The predicted octanol–water partition coefficient (Wildman–Crippen LogP) is 2.56. The van der Waals surface area contributed by atoms with Crippen LogP contribution >= 0.6 is 12.4 Å². The molecule has 1 aromatic carbocycles. The summed E-state index contributed by atoms with van der Waals surface area (Å²) in [5, 5.41) is 6.15. The number of piperidine rings is 1. The van der Waals surface area contributed by atoms with Crippen LogP contribution in [0.25, 0.3) is 0 Å². The van der Waals surface area contributed by atoms with Gasteiger partial charge in [0.15, 0.2) is 0 Å². The number of carbonyl (C=O) groups excluding carboxylic acids is 1. The van der Waals surface area contributed by atoms with E-state index in [0.717, 1.165) is 31.5 Å². The lowest BCUT2D eigenvalue weighted by molar-refractivity contribution is -0.122. The first-order valence-electron chi connectivity index (χ1n) is 6.87. The van der Waals surface area contributed by atoms with Crippen molar-refractivity contribution in [1.82, 2.24) is 10.6 Å². The van der Waals surface area contributed by atoms with Crippen LogP contribution in [0, 0.1) is 18.7 Å². The van der Waals surface area contributed by atoms with Crippen LogP contribution in [0.15, 0.2) is 18.2 Å². The number of hydrogen-bond donors (Lipinski definition) is 2. The molecule has 2 rings (SSSR count). The maximum atomic E-state index is 13.4. The van der Waals surface area contributed by atoms with E-state index in [0.29, 0.717) is 24.4 Å². The van der Waals surface area contributed by atoms with Gasteiger partial charge in [-0.25, -0.2) is 4.39 Å². The van der Waals surface area contributed by atoms with E-state index in [1.165, 1.54) is 6.07 Å². The molecule has 2 N–H and O–H groups in total. The van der Waals surface area contributed by atoms with E-state index in [1.807, 2.05) is 6.07 Å². The Morgan fingerprint density at radius 2 is 2.10 bits per heavy atom. The molecule has 1 fully saturated rings. The Labute approximate surface area is 125 Å². The molecule has 0 unspecified atom stereocenters. The summed E-state index contributed by atoms with van der Waals surface area (Å²) in [7, 11) is 0. The molecule has 3 nitrogen and oxygen atoms in total. The molecule has 20 heavy (non-hydrogen) atoms. The summed E-state index contributed by atoms with van der Waals surface area (Å²) in [5.41, 5.74) is 1.44. The Hall–Kier alpha value is -1.13. The molecule has 1 saturated heterocycles. The number of nitrogens with one attached hydrogen (secondary N) is 2. The second kappa shape index (κ2) is 8.22. The molecular formula is C15H22ClFN2O. The van der Waals surface area contributed by atoms with E-state index in [2.05, 4.69) is 10.6 Å². The minimum atomic E-state index is -0.217. The lowest BCUT2D eigenvalue weighted by Crippen LogP contribution is -2.32. The zero-order chi connectivity index (χ0) is 13.7. The van der Waals surface area contributed by atoms with Crippen molar-refractivity contribution in [3.05, 3.63) is 35.1 Å². The van der Waals surface area contributed by atoms with Crippen molar-refractivity contribution in [3.8, 4) is 0 Å². The van der Waals surface area contributed by atoms with Gasteiger partial charge in [-0.15, -0.1) is 12.4 Å². The SMILES string of the molecule is Cc1ccc(CNC(=O)CC2CCNCC2)cc1F.Cl. The standard InChI is InChI=1S/C15H21FN2O.ClH/c1-11-2-3-13(8-14(11)16)10-18-15(19)9-12-4-6-17-7-5-12;/h2-3,8,12,17H,4-7,9-10H2,1H3,(H,18,19);1H. The minimum absolute atomic E-state index is 0. The van der Waals surface area contributed by atoms with E-state index < -0.39 is 0 Å². The van der Waals surface area contributed by atoms with E-state index in [-0.39, 0.29) is 24.1 Å². The smallest absolute Gasteiger partial charge is 0.220 e. The molecule has 0 bridgehead atoms. The molecule has 1 aromatic rings. The molecule has 0 radical (unpaired) electrons. The number of rotatable bonds is 4. The maximum absolute atomic E-state index is 13.4. The summed E-state index contributed by atoms with van der Waals surface area (Å²) in [6, 6.07) is 5.08. The van der Waals surface area contributed by atoms with Crippen molar-refractivity contribution >= 4 is 18.3 Å². The van der Waals surface area contributed by atoms with Gasteiger partial charge >= 0.3 is 0 Å². The topological polar surface area (TPSA) is 41.1 Å². The van der Waals surface area contributed by atoms with Gasteiger partial charge in [0.05, 0.1) is 0 Å². The summed E-state index contributed by atoms with van der Waals surface area (Å²) in [6.07, 6.45) is 2.70. The number of halogens is 2. The van der Waals surface area contributed by atoms with Crippen LogP contribution in [0.4, 0.5) is 4.39 Å². The average molecular weight is 301 g/mol. The van der Waals surface area contributed by atoms with Crippen LogP contribution in [0.5, 0.6) is 0 Å². The van der Waals surface area contributed by atoms with Crippen LogP contribution in [0.3, 0.4) is 0 Å². The highest BCUT2D eigenvalue weighted by Gasteiger charge is 2.16. The lowest BCUT2D eigenvalue weighted by Gasteiger charge is -2.21. The molecular weight excluding hydrogens is 279 g/mol. The predicted molar refractivity (Wildman–Crippen MR) is 80.4 cm³/mol.